The highest BCUT2D eigenvalue weighted by Crippen LogP contribution is 2.30. The zero-order valence-corrected chi connectivity index (χ0v) is 11.5. The zero-order chi connectivity index (χ0) is 15.8. The standard InChI is InChI=1S/C13H15F3N4O/c1-7(2)12-19-10(11(17)20(12)18)8-3-5-9(6-4-8)21-13(14,15)16/h3-7H,17-18H2,1-2H3. The molecule has 5 nitrogen and oxygen atoms in total. The maximum atomic E-state index is 12.1. The molecule has 114 valence electrons. The number of nitrogens with two attached hydrogens (primary N) is 2. The van der Waals surface area contributed by atoms with Gasteiger partial charge in [-0.25, -0.2) is 9.66 Å². The Kier molecular flexibility index (Phi) is 3.71. The Hall–Kier alpha value is -2.38. The minimum Gasteiger partial charge on any atom is -0.406 e. The highest BCUT2D eigenvalue weighted by atomic mass is 19.4. The van der Waals surface area contributed by atoms with Gasteiger partial charge in [-0.05, 0) is 24.3 Å². The number of halogens is 3. The van der Waals surface area contributed by atoms with Crippen molar-refractivity contribution < 1.29 is 17.9 Å². The van der Waals surface area contributed by atoms with Crippen LogP contribution < -0.4 is 16.3 Å². The Morgan fingerprint density at radius 1 is 1.19 bits per heavy atom. The van der Waals surface area contributed by atoms with E-state index in [1.54, 1.807) is 0 Å². The predicted molar refractivity (Wildman–Crippen MR) is 73.0 cm³/mol. The van der Waals surface area contributed by atoms with E-state index in [-0.39, 0.29) is 17.5 Å². The molecule has 1 heterocycles. The minimum atomic E-state index is -4.72. The molecule has 0 aliphatic heterocycles. The molecule has 8 heteroatoms. The van der Waals surface area contributed by atoms with E-state index in [1.807, 2.05) is 13.8 Å². The summed E-state index contributed by atoms with van der Waals surface area (Å²) in [5.74, 6) is 6.42. The van der Waals surface area contributed by atoms with Crippen molar-refractivity contribution in [2.24, 2.45) is 0 Å². The van der Waals surface area contributed by atoms with Crippen molar-refractivity contribution in [3.63, 3.8) is 0 Å². The van der Waals surface area contributed by atoms with Crippen LogP contribution in [0.1, 0.15) is 25.6 Å². The van der Waals surface area contributed by atoms with Crippen LogP contribution in [0.3, 0.4) is 0 Å². The first-order chi connectivity index (χ1) is 9.69. The van der Waals surface area contributed by atoms with Crippen molar-refractivity contribution in [1.82, 2.24) is 9.66 Å². The molecule has 0 saturated carbocycles. The molecule has 2 rings (SSSR count). The molecule has 0 saturated heterocycles. The van der Waals surface area contributed by atoms with E-state index in [4.69, 9.17) is 11.6 Å². The molecule has 0 bridgehead atoms. The molecular formula is C13H15F3N4O. The summed E-state index contributed by atoms with van der Waals surface area (Å²) >= 11 is 0. The molecule has 2 aromatic rings. The van der Waals surface area contributed by atoms with E-state index in [9.17, 15) is 13.2 Å². The second-order valence-electron chi connectivity index (χ2n) is 4.80. The third-order valence-corrected chi connectivity index (χ3v) is 2.85. The van der Waals surface area contributed by atoms with E-state index in [0.717, 1.165) is 0 Å². The third-order valence-electron chi connectivity index (χ3n) is 2.85. The van der Waals surface area contributed by atoms with Crippen LogP contribution in [0.15, 0.2) is 24.3 Å². The highest BCUT2D eigenvalue weighted by Gasteiger charge is 2.31. The summed E-state index contributed by atoms with van der Waals surface area (Å²) in [5.41, 5.74) is 6.87. The topological polar surface area (TPSA) is 79.1 Å². The van der Waals surface area contributed by atoms with Gasteiger partial charge >= 0.3 is 6.36 Å². The Morgan fingerprint density at radius 2 is 1.76 bits per heavy atom. The molecule has 0 aliphatic rings. The summed E-state index contributed by atoms with van der Waals surface area (Å²) in [6.07, 6.45) is -4.72. The molecule has 0 amide bonds. The molecule has 1 aromatic heterocycles. The molecule has 0 spiro atoms. The minimum absolute atomic E-state index is 0.0684. The lowest BCUT2D eigenvalue weighted by Gasteiger charge is -2.08. The van der Waals surface area contributed by atoms with Gasteiger partial charge in [0.05, 0.1) is 0 Å². The van der Waals surface area contributed by atoms with Crippen molar-refractivity contribution in [2.75, 3.05) is 11.6 Å². The average molecular weight is 300 g/mol. The number of alkyl halides is 3. The van der Waals surface area contributed by atoms with Crippen LogP contribution >= 0.6 is 0 Å². The summed E-state index contributed by atoms with van der Waals surface area (Å²) in [4.78, 5) is 4.33. The van der Waals surface area contributed by atoms with E-state index in [0.29, 0.717) is 17.1 Å². The van der Waals surface area contributed by atoms with E-state index >= 15 is 0 Å². The van der Waals surface area contributed by atoms with Crippen LogP contribution in [0.4, 0.5) is 19.0 Å². The first-order valence-corrected chi connectivity index (χ1v) is 6.18. The molecule has 0 fully saturated rings. The summed E-state index contributed by atoms with van der Waals surface area (Å²) < 4.78 is 41.4. The first-order valence-electron chi connectivity index (χ1n) is 6.18. The molecule has 4 N–H and O–H groups in total. The monoisotopic (exact) mass is 300 g/mol. The second-order valence-corrected chi connectivity index (χ2v) is 4.80. The quantitative estimate of drug-likeness (QED) is 0.854. The largest absolute Gasteiger partial charge is 0.573 e. The van der Waals surface area contributed by atoms with Crippen LogP contribution in [-0.2, 0) is 0 Å². The van der Waals surface area contributed by atoms with Crippen molar-refractivity contribution in [3.8, 4) is 17.0 Å². The molecule has 1 aromatic carbocycles. The molecule has 0 atom stereocenters. The van der Waals surface area contributed by atoms with Gasteiger partial charge in [0.15, 0.2) is 5.82 Å². The fourth-order valence-corrected chi connectivity index (χ4v) is 1.90. The van der Waals surface area contributed by atoms with E-state index in [2.05, 4.69) is 9.72 Å². The van der Waals surface area contributed by atoms with E-state index < -0.39 is 6.36 Å². The van der Waals surface area contributed by atoms with Crippen molar-refractivity contribution in [3.05, 3.63) is 30.1 Å². The van der Waals surface area contributed by atoms with Gasteiger partial charge in [-0.1, -0.05) is 13.8 Å². The number of imidazole rings is 1. The Balaban J connectivity index is 2.33. The Bertz CT molecular complexity index is 632. The zero-order valence-electron chi connectivity index (χ0n) is 11.5. The lowest BCUT2D eigenvalue weighted by molar-refractivity contribution is -0.274. The molecule has 0 radical (unpaired) electrons. The summed E-state index contributed by atoms with van der Waals surface area (Å²) in [6.45, 7) is 3.82. The molecule has 21 heavy (non-hydrogen) atoms. The summed E-state index contributed by atoms with van der Waals surface area (Å²) in [6, 6.07) is 5.30. The number of aromatic nitrogens is 2. The first kappa shape index (κ1) is 15.0. The second kappa shape index (κ2) is 5.19. The van der Waals surface area contributed by atoms with Crippen LogP contribution in [0.2, 0.25) is 0 Å². The maximum Gasteiger partial charge on any atom is 0.573 e. The maximum absolute atomic E-state index is 12.1. The van der Waals surface area contributed by atoms with Crippen LogP contribution in [-0.4, -0.2) is 16.0 Å². The van der Waals surface area contributed by atoms with Gasteiger partial charge in [-0.15, -0.1) is 13.2 Å². The number of ether oxygens (including phenoxy) is 1. The van der Waals surface area contributed by atoms with Crippen molar-refractivity contribution in [2.45, 2.75) is 26.1 Å². The average Bonchev–Trinajstić information content (AvgIpc) is 2.66. The Labute approximate surface area is 119 Å². The lowest BCUT2D eigenvalue weighted by atomic mass is 10.1. The molecular weight excluding hydrogens is 285 g/mol. The number of hydrogen-bond donors (Lipinski definition) is 2. The normalized spacial score (nSPS) is 11.9. The van der Waals surface area contributed by atoms with E-state index in [1.165, 1.54) is 28.9 Å². The number of benzene rings is 1. The third kappa shape index (κ3) is 3.21. The SMILES string of the molecule is CC(C)c1nc(-c2ccc(OC(F)(F)F)cc2)c(N)n1N. The fourth-order valence-electron chi connectivity index (χ4n) is 1.90. The fraction of sp³-hybridized carbons (Fsp3) is 0.308. The lowest BCUT2D eigenvalue weighted by Crippen LogP contribution is -2.17. The van der Waals surface area contributed by atoms with Crippen molar-refractivity contribution >= 4 is 5.82 Å². The van der Waals surface area contributed by atoms with Gasteiger partial charge in [-0.3, -0.25) is 0 Å². The summed E-state index contributed by atoms with van der Waals surface area (Å²) in [5, 5.41) is 0. The van der Waals surface area contributed by atoms with Gasteiger partial charge in [0.25, 0.3) is 0 Å². The number of anilines is 1. The number of rotatable bonds is 3. The predicted octanol–water partition coefficient (Wildman–Crippen LogP) is 2.87. The van der Waals surface area contributed by atoms with Crippen LogP contribution in [0.25, 0.3) is 11.3 Å². The molecule has 0 unspecified atom stereocenters. The van der Waals surface area contributed by atoms with Crippen LogP contribution in [0, 0.1) is 0 Å². The van der Waals surface area contributed by atoms with Gasteiger partial charge in [0.2, 0.25) is 0 Å². The van der Waals surface area contributed by atoms with Crippen molar-refractivity contribution in [1.29, 1.82) is 0 Å². The summed E-state index contributed by atoms with van der Waals surface area (Å²) in [7, 11) is 0. The van der Waals surface area contributed by atoms with Gasteiger partial charge in [0, 0.05) is 11.5 Å². The highest BCUT2D eigenvalue weighted by molar-refractivity contribution is 5.71. The van der Waals surface area contributed by atoms with Gasteiger partial charge < -0.3 is 16.3 Å². The number of hydrogen-bond acceptors (Lipinski definition) is 4. The van der Waals surface area contributed by atoms with Crippen LogP contribution in [0.5, 0.6) is 5.75 Å². The Morgan fingerprint density at radius 3 is 2.19 bits per heavy atom. The number of nitrogens with zero attached hydrogens (tertiary/aromatic N) is 2. The number of nitrogen functional groups attached to an aromatic ring is 2. The van der Waals surface area contributed by atoms with Gasteiger partial charge in [0.1, 0.15) is 17.3 Å². The molecule has 0 aliphatic carbocycles. The van der Waals surface area contributed by atoms with Gasteiger partial charge in [-0.2, -0.15) is 0 Å². The smallest absolute Gasteiger partial charge is 0.406 e.